The number of fused-ring (bicyclic) bond motifs is 2. The number of hydrogen-bond acceptors (Lipinski definition) is 17. The zero-order valence-electron chi connectivity index (χ0n) is 37.9. The van der Waals surface area contributed by atoms with E-state index in [9.17, 15) is 52.6 Å². The molecular weight excluding hydrogens is 1000 g/mol. The van der Waals surface area contributed by atoms with Crippen LogP contribution in [-0.4, -0.2) is 137 Å². The second-order valence-corrected chi connectivity index (χ2v) is 19.7. The molecule has 26 nitrogen and oxygen atoms in total. The molecule has 0 radical (unpaired) electrons. The Morgan fingerprint density at radius 3 is 2.10 bits per heavy atom. The number of phosphoric acid groups is 3. The molecule has 1 aromatic heterocycles. The fraction of sp³-hybridized carbons (Fsp3) is 0.452. The Morgan fingerprint density at radius 2 is 1.39 bits per heavy atom. The molecule has 0 bridgehead atoms. The average Bonchev–Trinajstić information content (AvgIpc) is 3.67. The van der Waals surface area contributed by atoms with Gasteiger partial charge in [-0.05, 0) is 23.8 Å². The fourth-order valence-electron chi connectivity index (χ4n) is 6.63. The number of aromatic amines is 1. The van der Waals surface area contributed by atoms with E-state index in [1.165, 1.54) is 12.2 Å². The van der Waals surface area contributed by atoms with E-state index >= 15 is 0 Å². The van der Waals surface area contributed by atoms with Crippen molar-refractivity contribution in [2.75, 3.05) is 77.5 Å². The van der Waals surface area contributed by atoms with Crippen LogP contribution in [0.25, 0.3) is 6.08 Å². The summed E-state index contributed by atoms with van der Waals surface area (Å²) < 4.78 is 74.4. The summed E-state index contributed by atoms with van der Waals surface area (Å²) in [4.78, 5) is 103. The SMILES string of the molecule is O=C(CCOCCOCCOCCOCCNC(=O)CCC(=O)N1Cc2ccccc2C#Cc2ccccc21)NC/C=C/c1cn([C@H]2C[C@H](O)[C@@H](COP(=O)(O)OP(=O)(O)OP(=O)(O)O)O2)c(=O)[nH]c1=O. The zero-order valence-corrected chi connectivity index (χ0v) is 40.6. The Hall–Kier alpha value is -5.00. The average molecular weight is 1060 g/mol. The summed E-state index contributed by atoms with van der Waals surface area (Å²) in [5.74, 6) is 5.55. The quantitative estimate of drug-likeness (QED) is 0.0273. The molecule has 0 saturated carbocycles. The summed E-state index contributed by atoms with van der Waals surface area (Å²) in [7, 11) is -16.9. The molecule has 388 valence electrons. The minimum atomic E-state index is -5.78. The number of nitrogens with one attached hydrogen (secondary N) is 3. The Kier molecular flexibility index (Phi) is 22.2. The normalized spacial score (nSPS) is 18.3. The first-order valence-corrected chi connectivity index (χ1v) is 26.3. The molecule has 2 unspecified atom stereocenters. The maximum atomic E-state index is 13.3. The number of aromatic nitrogens is 2. The van der Waals surface area contributed by atoms with E-state index in [2.05, 4.69) is 40.6 Å². The van der Waals surface area contributed by atoms with Crippen LogP contribution in [0.15, 0.2) is 70.4 Å². The highest BCUT2D eigenvalue weighted by Crippen LogP contribution is 2.66. The minimum absolute atomic E-state index is 0.00403. The molecule has 8 N–H and O–H groups in total. The summed E-state index contributed by atoms with van der Waals surface area (Å²) in [6, 6.07) is 15.1. The van der Waals surface area contributed by atoms with Gasteiger partial charge in [0.25, 0.3) is 5.56 Å². The number of benzene rings is 2. The van der Waals surface area contributed by atoms with Crippen LogP contribution < -0.4 is 26.8 Å². The number of hydrogen-bond donors (Lipinski definition) is 8. The Morgan fingerprint density at radius 1 is 0.775 bits per heavy atom. The fourth-order valence-corrected chi connectivity index (χ4v) is 9.66. The van der Waals surface area contributed by atoms with Crippen molar-refractivity contribution in [3.05, 3.63) is 104 Å². The third kappa shape index (κ3) is 19.9. The van der Waals surface area contributed by atoms with Crippen molar-refractivity contribution in [2.24, 2.45) is 0 Å². The highest BCUT2D eigenvalue weighted by molar-refractivity contribution is 7.66. The molecule has 0 aliphatic carbocycles. The van der Waals surface area contributed by atoms with Gasteiger partial charge >= 0.3 is 29.2 Å². The maximum Gasteiger partial charge on any atom is 0.490 e. The molecule has 5 atom stereocenters. The van der Waals surface area contributed by atoms with Gasteiger partial charge in [0.2, 0.25) is 17.7 Å². The lowest BCUT2D eigenvalue weighted by molar-refractivity contribution is -0.125. The van der Waals surface area contributed by atoms with Gasteiger partial charge in [-0.2, -0.15) is 8.62 Å². The van der Waals surface area contributed by atoms with Crippen LogP contribution in [0, 0.1) is 11.8 Å². The lowest BCUT2D eigenvalue weighted by Crippen LogP contribution is -2.34. The van der Waals surface area contributed by atoms with Crippen molar-refractivity contribution in [2.45, 2.75) is 50.7 Å². The lowest BCUT2D eigenvalue weighted by atomic mass is 10.0. The predicted molar refractivity (Wildman–Crippen MR) is 248 cm³/mol. The van der Waals surface area contributed by atoms with Crippen LogP contribution in [0.5, 0.6) is 0 Å². The largest absolute Gasteiger partial charge is 0.490 e. The number of phosphoric ester groups is 1. The minimum Gasteiger partial charge on any atom is -0.390 e. The number of H-pyrrole nitrogens is 1. The van der Waals surface area contributed by atoms with Gasteiger partial charge in [-0.3, -0.25) is 33.3 Å². The van der Waals surface area contributed by atoms with Crippen molar-refractivity contribution in [3.63, 3.8) is 0 Å². The first-order chi connectivity index (χ1) is 33.8. The number of carbonyl (C=O) groups excluding carboxylic acids is 3. The van der Waals surface area contributed by atoms with Crippen LogP contribution in [0.2, 0.25) is 0 Å². The number of aliphatic hydroxyl groups is 1. The number of nitrogens with zero attached hydrogens (tertiary/aromatic N) is 2. The lowest BCUT2D eigenvalue weighted by Gasteiger charge is -2.26. The van der Waals surface area contributed by atoms with E-state index in [1.54, 1.807) is 4.90 Å². The van der Waals surface area contributed by atoms with Crippen molar-refractivity contribution < 1.29 is 89.6 Å². The van der Waals surface area contributed by atoms with Crippen LogP contribution in [0.3, 0.4) is 0 Å². The number of anilines is 1. The van der Waals surface area contributed by atoms with E-state index in [-0.39, 0.29) is 88.5 Å². The first kappa shape index (κ1) is 56.9. The zero-order chi connectivity index (χ0) is 51.4. The third-order valence-electron chi connectivity index (χ3n) is 9.94. The van der Waals surface area contributed by atoms with E-state index in [4.69, 9.17) is 33.5 Å². The number of aliphatic hydroxyl groups excluding tert-OH is 1. The molecule has 1 saturated heterocycles. The molecule has 71 heavy (non-hydrogen) atoms. The smallest absolute Gasteiger partial charge is 0.390 e. The second kappa shape index (κ2) is 27.7. The summed E-state index contributed by atoms with van der Waals surface area (Å²) >= 11 is 0. The monoisotopic (exact) mass is 1060 g/mol. The van der Waals surface area contributed by atoms with Gasteiger partial charge < -0.3 is 63.9 Å². The molecule has 3 aromatic rings. The molecule has 1 fully saturated rings. The highest BCUT2D eigenvalue weighted by atomic mass is 31.3. The summed E-state index contributed by atoms with van der Waals surface area (Å²) in [6.07, 6.45) is -0.471. The number of amides is 3. The standard InChI is InChI=1S/C42H54N5O21P3/c48-35-26-40(66-36(35)29-65-70(57,58)68-71(59,60)67-69(54,55)56)47-28-33(41(52)45-42(47)53)9-5-16-43-38(50)15-18-61-20-22-63-24-25-64-23-21-62-19-17-44-37(49)13-14-39(51)46-27-32-8-2-1-6-30(32)11-12-31-7-3-4-10-34(31)46/h1-10,28,35-36,40,48H,13-27,29H2,(H,43,50)(H,44,49)(H,57,58)(H,59,60)(H,45,52,53)(H2,54,55,56)/b9-5+/t35-,36+,40+/m0/s1. The van der Waals surface area contributed by atoms with Gasteiger partial charge in [-0.25, -0.2) is 18.5 Å². The number of para-hydroxylation sites is 1. The van der Waals surface area contributed by atoms with Crippen LogP contribution in [0.1, 0.15) is 54.2 Å². The summed E-state index contributed by atoms with van der Waals surface area (Å²) in [6.45, 7) is 1.72. The molecule has 3 amide bonds. The van der Waals surface area contributed by atoms with Gasteiger partial charge in [0.15, 0.2) is 0 Å². The molecule has 2 aliphatic rings. The van der Waals surface area contributed by atoms with Gasteiger partial charge in [0.1, 0.15) is 12.3 Å². The Labute approximate surface area is 405 Å². The molecule has 5 rings (SSSR count). The molecule has 0 spiro atoms. The number of rotatable bonds is 29. The van der Waals surface area contributed by atoms with Gasteiger partial charge in [0.05, 0.1) is 83.4 Å². The number of ether oxygens (including phenoxy) is 5. The Balaban J connectivity index is 0.855. The second-order valence-electron chi connectivity index (χ2n) is 15.2. The molecule has 29 heteroatoms. The van der Waals surface area contributed by atoms with Crippen molar-refractivity contribution in [3.8, 4) is 11.8 Å². The van der Waals surface area contributed by atoms with E-state index in [0.29, 0.717) is 38.7 Å². The van der Waals surface area contributed by atoms with Crippen molar-refractivity contribution in [1.82, 2.24) is 20.2 Å². The van der Waals surface area contributed by atoms with E-state index in [1.807, 2.05) is 48.5 Å². The molecule has 3 heterocycles. The van der Waals surface area contributed by atoms with Crippen molar-refractivity contribution >= 4 is 53.0 Å². The van der Waals surface area contributed by atoms with Gasteiger partial charge in [-0.15, -0.1) is 0 Å². The topological polar surface area (TPSA) is 360 Å². The third-order valence-corrected chi connectivity index (χ3v) is 13.7. The summed E-state index contributed by atoms with van der Waals surface area (Å²) in [5, 5.41) is 15.8. The molecule has 2 aromatic carbocycles. The Bertz CT molecular complexity index is 2660. The van der Waals surface area contributed by atoms with Crippen LogP contribution >= 0.6 is 23.5 Å². The van der Waals surface area contributed by atoms with Gasteiger partial charge in [0, 0.05) is 56.1 Å². The molecular formula is C42H54N5O21P3. The van der Waals surface area contributed by atoms with Gasteiger partial charge in [-0.1, -0.05) is 54.3 Å². The van der Waals surface area contributed by atoms with E-state index in [0.717, 1.165) is 27.5 Å². The highest BCUT2D eigenvalue weighted by Gasteiger charge is 2.43. The van der Waals surface area contributed by atoms with Crippen LogP contribution in [0.4, 0.5) is 5.69 Å². The maximum absolute atomic E-state index is 13.3. The van der Waals surface area contributed by atoms with Crippen molar-refractivity contribution in [1.29, 1.82) is 0 Å². The van der Waals surface area contributed by atoms with Crippen LogP contribution in [-0.2, 0) is 71.5 Å². The first-order valence-electron chi connectivity index (χ1n) is 21.8. The summed E-state index contributed by atoms with van der Waals surface area (Å²) in [5.41, 5.74) is 1.46. The predicted octanol–water partition coefficient (Wildman–Crippen LogP) is 0.957. The molecule has 2 aliphatic heterocycles. The van der Waals surface area contributed by atoms with E-state index < -0.39 is 59.8 Å². The number of carbonyl (C=O) groups is 3.